The normalized spacial score (nSPS) is 17.5. The Bertz CT molecular complexity index is 536. The number of aromatic nitrogens is 2. The van der Waals surface area contributed by atoms with Gasteiger partial charge in [-0.05, 0) is 20.3 Å². The second-order valence-corrected chi connectivity index (χ2v) is 6.63. The van der Waals surface area contributed by atoms with Crippen LogP contribution in [0.3, 0.4) is 0 Å². The van der Waals surface area contributed by atoms with E-state index in [4.69, 9.17) is 11.6 Å². The molecule has 1 atom stereocenters. The molecule has 1 fully saturated rings. The van der Waals surface area contributed by atoms with Crippen molar-refractivity contribution in [3.8, 4) is 0 Å². The molecule has 1 saturated heterocycles. The first kappa shape index (κ1) is 18.2. The van der Waals surface area contributed by atoms with Crippen molar-refractivity contribution in [2.75, 3.05) is 32.7 Å². The quantitative estimate of drug-likeness (QED) is 0.856. The van der Waals surface area contributed by atoms with Crippen LogP contribution >= 0.6 is 11.6 Å². The number of carbonyl (C=O) groups excluding carboxylic acids is 1. The molecule has 7 heteroatoms. The topological polar surface area (TPSA) is 61.6 Å². The van der Waals surface area contributed by atoms with Gasteiger partial charge in [0.05, 0.1) is 17.4 Å². The Morgan fingerprint density at radius 3 is 2.57 bits per heavy atom. The number of nitrogens with zero attached hydrogens (tertiary/aromatic N) is 4. The zero-order valence-electron chi connectivity index (χ0n) is 14.3. The second kappa shape index (κ2) is 8.13. The molecule has 1 aromatic rings. The maximum Gasteiger partial charge on any atom is 0.258 e. The summed E-state index contributed by atoms with van der Waals surface area (Å²) >= 11 is 6.39. The number of halogens is 1. The Labute approximate surface area is 143 Å². The lowest BCUT2D eigenvalue weighted by Crippen LogP contribution is -2.50. The minimum atomic E-state index is -0.342. The number of hydrogen-bond donors (Lipinski definition) is 1. The van der Waals surface area contributed by atoms with E-state index in [1.807, 2.05) is 11.8 Å². The number of unbranched alkanes of at least 4 members (excludes halogenated alkanes) is 1. The van der Waals surface area contributed by atoms with Crippen molar-refractivity contribution in [3.05, 3.63) is 16.4 Å². The third-order valence-electron chi connectivity index (χ3n) is 4.18. The first-order chi connectivity index (χ1) is 10.9. The molecule has 0 spiro atoms. The van der Waals surface area contributed by atoms with Gasteiger partial charge in [-0.2, -0.15) is 5.10 Å². The number of aliphatic hydroxyl groups is 1. The van der Waals surface area contributed by atoms with Crippen LogP contribution in [0.4, 0.5) is 0 Å². The average molecular weight is 343 g/mol. The van der Waals surface area contributed by atoms with Crippen LogP contribution in [0.5, 0.6) is 0 Å². The fourth-order valence-electron chi connectivity index (χ4n) is 2.92. The summed E-state index contributed by atoms with van der Waals surface area (Å²) in [5.74, 6) is -0.0352. The van der Waals surface area contributed by atoms with Crippen LogP contribution in [0.2, 0.25) is 5.15 Å². The van der Waals surface area contributed by atoms with Crippen LogP contribution in [0, 0.1) is 6.92 Å². The van der Waals surface area contributed by atoms with E-state index in [9.17, 15) is 9.90 Å². The fourth-order valence-corrected chi connectivity index (χ4v) is 3.26. The Hall–Kier alpha value is -1.11. The molecule has 2 heterocycles. The summed E-state index contributed by atoms with van der Waals surface area (Å²) in [4.78, 5) is 16.8. The number of amides is 1. The van der Waals surface area contributed by atoms with Gasteiger partial charge >= 0.3 is 0 Å². The fraction of sp³-hybridized carbons (Fsp3) is 0.750. The van der Waals surface area contributed by atoms with E-state index >= 15 is 0 Å². The van der Waals surface area contributed by atoms with Gasteiger partial charge in [0.2, 0.25) is 0 Å². The molecule has 0 saturated carbocycles. The van der Waals surface area contributed by atoms with Crippen LogP contribution in [-0.4, -0.2) is 69.4 Å². The molecule has 0 aliphatic carbocycles. The molecule has 0 aromatic carbocycles. The largest absolute Gasteiger partial charge is 0.392 e. The number of hydrogen-bond acceptors (Lipinski definition) is 4. The highest BCUT2D eigenvalue weighted by Gasteiger charge is 2.27. The molecule has 130 valence electrons. The van der Waals surface area contributed by atoms with Crippen molar-refractivity contribution in [2.45, 2.75) is 46.3 Å². The summed E-state index contributed by atoms with van der Waals surface area (Å²) in [6.45, 7) is 9.99. The van der Waals surface area contributed by atoms with Crippen molar-refractivity contribution in [1.82, 2.24) is 19.6 Å². The second-order valence-electron chi connectivity index (χ2n) is 6.27. The molecule has 1 N–H and O–H groups in total. The summed E-state index contributed by atoms with van der Waals surface area (Å²) in [6.07, 6.45) is 1.71. The highest BCUT2D eigenvalue weighted by molar-refractivity contribution is 6.33. The molecule has 23 heavy (non-hydrogen) atoms. The zero-order valence-corrected chi connectivity index (χ0v) is 15.0. The number of piperazine rings is 1. The van der Waals surface area contributed by atoms with Gasteiger partial charge in [0.25, 0.3) is 5.91 Å². The number of aryl methyl sites for hydroxylation is 2. The van der Waals surface area contributed by atoms with Crippen LogP contribution in [0.15, 0.2) is 0 Å². The van der Waals surface area contributed by atoms with Crippen molar-refractivity contribution in [3.63, 3.8) is 0 Å². The molecular formula is C16H27ClN4O2. The van der Waals surface area contributed by atoms with Crippen LogP contribution in [-0.2, 0) is 6.54 Å². The van der Waals surface area contributed by atoms with Crippen molar-refractivity contribution in [1.29, 1.82) is 0 Å². The predicted molar refractivity (Wildman–Crippen MR) is 90.9 cm³/mol. The lowest BCUT2D eigenvalue weighted by Gasteiger charge is -2.35. The third kappa shape index (κ3) is 4.46. The molecule has 1 aliphatic heterocycles. The molecule has 1 aromatic heterocycles. The molecular weight excluding hydrogens is 316 g/mol. The molecule has 0 radical (unpaired) electrons. The van der Waals surface area contributed by atoms with E-state index < -0.39 is 0 Å². The summed E-state index contributed by atoms with van der Waals surface area (Å²) < 4.78 is 1.73. The predicted octanol–water partition coefficient (Wildman–Crippen LogP) is 1.78. The monoisotopic (exact) mass is 342 g/mol. The zero-order chi connectivity index (χ0) is 17.0. The minimum Gasteiger partial charge on any atom is -0.392 e. The number of carbonyl (C=O) groups is 1. The highest BCUT2D eigenvalue weighted by atomic mass is 35.5. The molecule has 0 unspecified atom stereocenters. The van der Waals surface area contributed by atoms with E-state index in [1.165, 1.54) is 0 Å². The lowest BCUT2D eigenvalue weighted by molar-refractivity contribution is 0.0553. The number of rotatable bonds is 6. The van der Waals surface area contributed by atoms with Gasteiger partial charge in [-0.15, -0.1) is 0 Å². The number of β-amino-alcohol motifs (C(OH)–C–C–N with tert-alkyl or cyclic N) is 1. The maximum atomic E-state index is 12.8. The molecule has 1 amide bonds. The third-order valence-corrected chi connectivity index (χ3v) is 4.57. The smallest absolute Gasteiger partial charge is 0.258 e. The summed E-state index contributed by atoms with van der Waals surface area (Å²) in [7, 11) is 0. The van der Waals surface area contributed by atoms with E-state index in [1.54, 1.807) is 11.6 Å². The van der Waals surface area contributed by atoms with Gasteiger partial charge in [-0.3, -0.25) is 14.4 Å². The molecule has 1 aliphatic rings. The lowest BCUT2D eigenvalue weighted by atomic mass is 10.2. The summed E-state index contributed by atoms with van der Waals surface area (Å²) in [5.41, 5.74) is 1.23. The first-order valence-electron chi connectivity index (χ1n) is 8.36. The summed E-state index contributed by atoms with van der Waals surface area (Å²) in [6, 6.07) is 0. The van der Waals surface area contributed by atoms with Crippen LogP contribution in [0.1, 0.15) is 42.7 Å². The Kier molecular flexibility index (Phi) is 6.44. The van der Waals surface area contributed by atoms with E-state index in [-0.39, 0.29) is 12.0 Å². The van der Waals surface area contributed by atoms with Crippen molar-refractivity contribution in [2.24, 2.45) is 0 Å². The first-order valence-corrected chi connectivity index (χ1v) is 8.74. The van der Waals surface area contributed by atoms with Crippen molar-refractivity contribution < 1.29 is 9.90 Å². The van der Waals surface area contributed by atoms with Gasteiger partial charge in [0, 0.05) is 39.3 Å². The van der Waals surface area contributed by atoms with Gasteiger partial charge in [0.15, 0.2) is 0 Å². The van der Waals surface area contributed by atoms with Crippen molar-refractivity contribution >= 4 is 17.5 Å². The Morgan fingerprint density at radius 2 is 2.00 bits per heavy atom. The standard InChI is InChI=1S/C16H27ClN4O2/c1-4-5-6-21-15(17)14(13(3)18-21)16(23)20-9-7-19(8-10-20)11-12(2)22/h12,22H,4-11H2,1-3H3/t12-/m1/s1. The van der Waals surface area contributed by atoms with E-state index in [0.717, 1.165) is 32.5 Å². The SMILES string of the molecule is CCCCn1nc(C)c(C(=O)N2CCN(C[C@@H](C)O)CC2)c1Cl. The highest BCUT2D eigenvalue weighted by Crippen LogP contribution is 2.22. The van der Waals surface area contributed by atoms with E-state index in [0.29, 0.717) is 36.0 Å². The molecule has 2 rings (SSSR count). The maximum absolute atomic E-state index is 12.8. The van der Waals surface area contributed by atoms with Gasteiger partial charge in [0.1, 0.15) is 5.15 Å². The average Bonchev–Trinajstić information content (AvgIpc) is 2.79. The number of aliphatic hydroxyl groups excluding tert-OH is 1. The molecule has 0 bridgehead atoms. The van der Waals surface area contributed by atoms with Crippen LogP contribution < -0.4 is 0 Å². The summed E-state index contributed by atoms with van der Waals surface area (Å²) in [5, 5.41) is 14.3. The molecule has 6 nitrogen and oxygen atoms in total. The van der Waals surface area contributed by atoms with E-state index in [2.05, 4.69) is 16.9 Å². The van der Waals surface area contributed by atoms with Gasteiger partial charge < -0.3 is 10.0 Å². The van der Waals surface area contributed by atoms with Crippen LogP contribution in [0.25, 0.3) is 0 Å². The van der Waals surface area contributed by atoms with Gasteiger partial charge in [-0.25, -0.2) is 0 Å². The Morgan fingerprint density at radius 1 is 1.35 bits per heavy atom. The van der Waals surface area contributed by atoms with Gasteiger partial charge in [-0.1, -0.05) is 24.9 Å². The minimum absolute atomic E-state index is 0.0352. The Balaban J connectivity index is 2.02.